The van der Waals surface area contributed by atoms with Gasteiger partial charge in [-0.25, -0.2) is 9.59 Å². The van der Waals surface area contributed by atoms with Crippen molar-refractivity contribution in [3.63, 3.8) is 0 Å². The normalized spacial score (nSPS) is 39.1. The van der Waals surface area contributed by atoms with Crippen LogP contribution in [0.15, 0.2) is 80.7 Å². The number of aliphatic hydroxyl groups excluding tert-OH is 1. The second kappa shape index (κ2) is 10.00. The Morgan fingerprint density at radius 2 is 1.76 bits per heavy atom. The maximum Gasteiger partial charge on any atom is 0.379 e. The van der Waals surface area contributed by atoms with Gasteiger partial charge in [-0.15, -0.1) is 11.6 Å². The number of rotatable bonds is 5. The minimum absolute atomic E-state index is 0.0278. The molecule has 0 radical (unpaired) electrons. The van der Waals surface area contributed by atoms with Gasteiger partial charge < -0.3 is 23.4 Å². The van der Waals surface area contributed by atoms with Crippen molar-refractivity contribution >= 4 is 40.9 Å². The predicted molar refractivity (Wildman–Crippen MR) is 153 cm³/mol. The minimum Gasteiger partial charge on any atom is -0.457 e. The van der Waals surface area contributed by atoms with E-state index < -0.39 is 45.3 Å². The molecule has 0 aromatic carbocycles. The van der Waals surface area contributed by atoms with E-state index in [9.17, 15) is 19.5 Å². The number of carbonyl (C=O) groups excluding carboxylic acids is 3. The zero-order chi connectivity index (χ0) is 30.1. The maximum atomic E-state index is 13.6. The second-order valence-electron chi connectivity index (χ2n) is 12.3. The molecule has 2 aromatic heterocycles. The van der Waals surface area contributed by atoms with Crippen molar-refractivity contribution in [2.45, 2.75) is 63.0 Å². The van der Waals surface area contributed by atoms with Gasteiger partial charge in [0.05, 0.1) is 23.5 Å². The Morgan fingerprint density at radius 1 is 1.10 bits per heavy atom. The molecular formula is C32H32Cl2O8. The zero-order valence-corrected chi connectivity index (χ0v) is 25.0. The second-order valence-corrected chi connectivity index (χ2v) is 13.2. The summed E-state index contributed by atoms with van der Waals surface area (Å²) in [5.74, 6) is -2.64. The van der Waals surface area contributed by atoms with Crippen LogP contribution in [0, 0.1) is 28.6 Å². The Balaban J connectivity index is 1.47. The van der Waals surface area contributed by atoms with Gasteiger partial charge in [0.2, 0.25) is 11.5 Å². The molecule has 8 nitrogen and oxygen atoms in total. The van der Waals surface area contributed by atoms with Crippen LogP contribution < -0.4 is 0 Å². The van der Waals surface area contributed by atoms with Crippen LogP contribution >= 0.6 is 23.2 Å². The van der Waals surface area contributed by atoms with Gasteiger partial charge in [0.1, 0.15) is 0 Å². The molecule has 222 valence electrons. The molecule has 0 bridgehead atoms. The number of hydrogen-bond acceptors (Lipinski definition) is 8. The van der Waals surface area contributed by atoms with E-state index in [-0.39, 0.29) is 41.3 Å². The van der Waals surface area contributed by atoms with E-state index in [1.807, 2.05) is 26.8 Å². The van der Waals surface area contributed by atoms with Crippen molar-refractivity contribution in [2.75, 3.05) is 0 Å². The molecule has 10 heteroatoms. The molecule has 2 heterocycles. The van der Waals surface area contributed by atoms with Crippen LogP contribution in [-0.4, -0.2) is 39.4 Å². The van der Waals surface area contributed by atoms with Crippen LogP contribution in [-0.2, 0) is 14.3 Å². The summed E-state index contributed by atoms with van der Waals surface area (Å²) in [6, 6.07) is 6.07. The molecule has 4 aliphatic carbocycles. The molecule has 0 amide bonds. The average molecular weight is 616 g/mol. The number of furan rings is 2. The van der Waals surface area contributed by atoms with Gasteiger partial charge in [-0.2, -0.15) is 0 Å². The molecule has 0 aliphatic heterocycles. The zero-order valence-electron chi connectivity index (χ0n) is 23.5. The summed E-state index contributed by atoms with van der Waals surface area (Å²) in [6.07, 6.45) is 8.50. The van der Waals surface area contributed by atoms with E-state index in [0.29, 0.717) is 19.3 Å². The lowest BCUT2D eigenvalue weighted by Gasteiger charge is -2.64. The molecule has 42 heavy (non-hydrogen) atoms. The van der Waals surface area contributed by atoms with Crippen molar-refractivity contribution in [1.82, 2.24) is 0 Å². The van der Waals surface area contributed by atoms with E-state index in [0.717, 1.165) is 11.1 Å². The number of allylic oxidation sites excluding steroid dienone is 4. The lowest BCUT2D eigenvalue weighted by atomic mass is 9.45. The molecule has 8 atom stereocenters. The molecule has 6 rings (SSSR count). The molecule has 3 fully saturated rings. The Hall–Kier alpha value is -3.07. The number of alkyl halides is 1. The van der Waals surface area contributed by atoms with Gasteiger partial charge >= 0.3 is 11.9 Å². The molecule has 0 saturated heterocycles. The summed E-state index contributed by atoms with van der Waals surface area (Å²) < 4.78 is 22.8. The number of carbonyl (C=O) groups is 3. The van der Waals surface area contributed by atoms with Crippen LogP contribution in [0.25, 0.3) is 0 Å². The fraction of sp³-hybridized carbons (Fsp3) is 0.469. The Morgan fingerprint density at radius 3 is 2.38 bits per heavy atom. The van der Waals surface area contributed by atoms with E-state index >= 15 is 0 Å². The lowest BCUT2D eigenvalue weighted by molar-refractivity contribution is -0.161. The smallest absolute Gasteiger partial charge is 0.379 e. The van der Waals surface area contributed by atoms with Crippen LogP contribution in [0.3, 0.4) is 0 Å². The van der Waals surface area contributed by atoms with Gasteiger partial charge in [0.25, 0.3) is 0 Å². The predicted octanol–water partition coefficient (Wildman–Crippen LogP) is 6.59. The summed E-state index contributed by atoms with van der Waals surface area (Å²) >= 11 is 14.0. The van der Waals surface area contributed by atoms with Crippen molar-refractivity contribution in [1.29, 1.82) is 0 Å². The van der Waals surface area contributed by atoms with Gasteiger partial charge in [0, 0.05) is 22.3 Å². The molecular weight excluding hydrogens is 583 g/mol. The van der Waals surface area contributed by atoms with Crippen LogP contribution in [0.4, 0.5) is 0 Å². The summed E-state index contributed by atoms with van der Waals surface area (Å²) in [5.41, 5.74) is -1.30. The highest BCUT2D eigenvalue weighted by Gasteiger charge is 2.76. The van der Waals surface area contributed by atoms with E-state index in [4.69, 9.17) is 41.5 Å². The third-order valence-electron chi connectivity index (χ3n) is 10.5. The van der Waals surface area contributed by atoms with E-state index in [1.54, 1.807) is 18.2 Å². The standard InChI is InChI=1S/C32H32Cl2O8/c1-18-14-22-21-9-8-19-15-20(35)10-11-29(19,2)31(21,34)25(36)16-30(22,3)32(18,42-28(38)24-7-5-13-40-24)26(17-33)41-27(37)23-6-4-12-39-23/h4-7,10-13,15,17-18,21-22,25,36H,8-9,14,16H2,1-3H3/b26-17+/t18-,21?,22?,25+,29+,30+,31+,32+/m1/s1. The topological polar surface area (TPSA) is 116 Å². The maximum absolute atomic E-state index is 13.6. The van der Waals surface area contributed by atoms with Crippen LogP contribution in [0.2, 0.25) is 0 Å². The first-order valence-corrected chi connectivity index (χ1v) is 14.9. The van der Waals surface area contributed by atoms with Crippen molar-refractivity contribution in [3.8, 4) is 0 Å². The summed E-state index contributed by atoms with van der Waals surface area (Å²) in [7, 11) is 0. The van der Waals surface area contributed by atoms with Gasteiger partial charge in [-0.05, 0) is 73.9 Å². The Kier molecular flexibility index (Phi) is 6.91. The monoisotopic (exact) mass is 614 g/mol. The number of aliphatic hydroxyl groups is 1. The minimum atomic E-state index is -1.58. The van der Waals surface area contributed by atoms with Crippen LogP contribution in [0.5, 0.6) is 0 Å². The Bertz CT molecular complexity index is 1510. The molecule has 3 saturated carbocycles. The summed E-state index contributed by atoms with van der Waals surface area (Å²) in [6.45, 7) is 5.83. The molecule has 1 N–H and O–H groups in total. The molecule has 2 aromatic rings. The lowest BCUT2D eigenvalue weighted by Crippen LogP contribution is -2.68. The number of fused-ring (bicyclic) bond motifs is 5. The summed E-state index contributed by atoms with van der Waals surface area (Å²) in [4.78, 5) is 37.8. The molecule has 4 aliphatic rings. The van der Waals surface area contributed by atoms with Crippen molar-refractivity contribution in [2.24, 2.45) is 28.6 Å². The van der Waals surface area contributed by atoms with Gasteiger partial charge in [-0.3, -0.25) is 4.79 Å². The summed E-state index contributed by atoms with van der Waals surface area (Å²) in [5, 5.41) is 12.1. The first-order chi connectivity index (χ1) is 19.9. The fourth-order valence-corrected chi connectivity index (χ4v) is 9.37. The van der Waals surface area contributed by atoms with Gasteiger partial charge in [-0.1, -0.05) is 44.0 Å². The molecule has 0 spiro atoms. The third kappa shape index (κ3) is 3.81. The Labute approximate surface area is 253 Å². The number of ketones is 1. The highest BCUT2D eigenvalue weighted by atomic mass is 35.5. The number of hydrogen-bond donors (Lipinski definition) is 1. The van der Waals surface area contributed by atoms with E-state index in [2.05, 4.69) is 0 Å². The van der Waals surface area contributed by atoms with E-state index in [1.165, 1.54) is 30.7 Å². The molecule has 2 unspecified atom stereocenters. The van der Waals surface area contributed by atoms with Crippen molar-refractivity contribution < 1.29 is 37.8 Å². The van der Waals surface area contributed by atoms with Gasteiger partial charge in [0.15, 0.2) is 17.1 Å². The van der Waals surface area contributed by atoms with Crippen LogP contribution in [0.1, 0.15) is 67.6 Å². The first kappa shape index (κ1) is 29.0. The third-order valence-corrected chi connectivity index (χ3v) is 11.7. The SMILES string of the molecule is C[C@@H]1CC2C3CCC4=CC(=O)C=C[C@]4(C)[C@@]3(Cl)[C@@H](O)C[C@]2(C)[C@@]1(OC(=O)c1ccco1)/C(=C\Cl)OC(=O)c1ccco1. The number of ether oxygens (including phenoxy) is 2. The quantitative estimate of drug-likeness (QED) is 0.228. The highest BCUT2D eigenvalue weighted by molar-refractivity contribution is 6.26. The van der Waals surface area contributed by atoms with Crippen molar-refractivity contribution in [3.05, 3.63) is 83.4 Å². The fourth-order valence-electron chi connectivity index (χ4n) is 8.64. The number of halogens is 2. The largest absolute Gasteiger partial charge is 0.457 e. The number of esters is 2. The highest BCUT2D eigenvalue weighted by Crippen LogP contribution is 2.73. The average Bonchev–Trinajstić information content (AvgIpc) is 3.72. The first-order valence-electron chi connectivity index (χ1n) is 14.1.